The number of carbonyl (C=O) groups is 1. The molecule has 1 heterocycles. The molecule has 0 spiro atoms. The fourth-order valence-electron chi connectivity index (χ4n) is 3.02. The van der Waals surface area contributed by atoms with Gasteiger partial charge in [0.15, 0.2) is 0 Å². The molecule has 1 saturated heterocycles. The number of carbonyl (C=O) groups excluding carboxylic acids is 1. The Morgan fingerprint density at radius 2 is 1.65 bits per heavy atom. The van der Waals surface area contributed by atoms with Crippen molar-refractivity contribution < 1.29 is 52.1 Å². The van der Waals surface area contributed by atoms with Crippen molar-refractivity contribution in [1.29, 1.82) is 0 Å². The molecule has 2 aromatic rings. The molecule has 0 unspecified atom stereocenters. The monoisotopic (exact) mass is 429 g/mol. The summed E-state index contributed by atoms with van der Waals surface area (Å²) in [5, 5.41) is 12.0. The van der Waals surface area contributed by atoms with Gasteiger partial charge in [-0.2, -0.15) is 7.11 Å². The summed E-state index contributed by atoms with van der Waals surface area (Å²) in [6, 6.07) is 14.9. The fraction of sp³-hybridized carbons (Fsp3) is 0.300. The van der Waals surface area contributed by atoms with E-state index < -0.39 is 0 Å². The smallest absolute Gasteiger partial charge is 0.223 e. The van der Waals surface area contributed by atoms with E-state index in [0.717, 1.165) is 16.9 Å². The first-order valence-corrected chi connectivity index (χ1v) is 8.31. The zero-order valence-electron chi connectivity index (χ0n) is 14.6. The maximum atomic E-state index is 12.2. The second-order valence-electron chi connectivity index (χ2n) is 6.22. The van der Waals surface area contributed by atoms with Crippen LogP contribution in [0.1, 0.15) is 11.1 Å². The van der Waals surface area contributed by atoms with Gasteiger partial charge in [0.2, 0.25) is 5.91 Å². The molecule has 1 aliphatic heterocycles. The number of amides is 1. The zero-order chi connectivity index (χ0) is 17.6. The molecule has 5 nitrogen and oxygen atoms in total. The second kappa shape index (κ2) is 10.0. The molecule has 135 valence electrons. The summed E-state index contributed by atoms with van der Waals surface area (Å²) in [5.41, 5.74) is 1.93. The van der Waals surface area contributed by atoms with Crippen LogP contribution in [0.15, 0.2) is 48.5 Å². The third-order valence-electron chi connectivity index (χ3n) is 4.56. The van der Waals surface area contributed by atoms with Crippen molar-refractivity contribution in [2.75, 3.05) is 13.2 Å². The molecular formula is C20H22NO4Y-. The number of aliphatic hydroxyl groups is 1. The Kier molecular flexibility index (Phi) is 8.07. The van der Waals surface area contributed by atoms with Gasteiger partial charge in [-0.1, -0.05) is 24.3 Å². The molecule has 1 aliphatic rings. The molecule has 2 aromatic carbocycles. The summed E-state index contributed by atoms with van der Waals surface area (Å²) in [6.45, 7) is 1.11. The van der Waals surface area contributed by atoms with Crippen LogP contribution in [0.25, 0.3) is 0 Å². The van der Waals surface area contributed by atoms with Crippen LogP contribution in [0.4, 0.5) is 0 Å². The molecule has 3 rings (SSSR count). The van der Waals surface area contributed by atoms with E-state index in [0.29, 0.717) is 25.3 Å². The first-order chi connectivity index (χ1) is 12.2. The Hall–Kier alpha value is -1.43. The third kappa shape index (κ3) is 5.29. The summed E-state index contributed by atoms with van der Waals surface area (Å²) in [5.74, 6) is 1.52. The number of benzene rings is 2. The maximum Gasteiger partial charge on any atom is 0.223 e. The van der Waals surface area contributed by atoms with Crippen LogP contribution in [-0.4, -0.2) is 24.2 Å². The zero-order valence-corrected chi connectivity index (χ0v) is 17.4. The van der Waals surface area contributed by atoms with Gasteiger partial charge in [-0.3, -0.25) is 4.79 Å². The topological polar surface area (TPSA) is 67.8 Å². The molecule has 0 bridgehead atoms. The van der Waals surface area contributed by atoms with Gasteiger partial charge < -0.3 is 19.9 Å². The molecule has 0 aromatic heterocycles. The molecule has 1 radical (unpaired) electrons. The van der Waals surface area contributed by atoms with Crippen molar-refractivity contribution in [2.45, 2.75) is 13.0 Å². The van der Waals surface area contributed by atoms with Crippen molar-refractivity contribution in [2.24, 2.45) is 11.8 Å². The van der Waals surface area contributed by atoms with Crippen molar-refractivity contribution in [1.82, 2.24) is 5.32 Å². The minimum absolute atomic E-state index is 0. The summed E-state index contributed by atoms with van der Waals surface area (Å²) in [7, 11) is 3.38. The minimum Gasteiger partial charge on any atom is -0.665 e. The minimum atomic E-state index is -0.108. The van der Waals surface area contributed by atoms with Gasteiger partial charge >= 0.3 is 0 Å². The molecule has 1 amide bonds. The van der Waals surface area contributed by atoms with E-state index >= 15 is 0 Å². The van der Waals surface area contributed by atoms with E-state index in [1.165, 1.54) is 0 Å². The van der Waals surface area contributed by atoms with Gasteiger partial charge in [0, 0.05) is 51.1 Å². The van der Waals surface area contributed by atoms with Crippen LogP contribution in [0.5, 0.6) is 11.5 Å². The summed E-state index contributed by atoms with van der Waals surface area (Å²) < 4.78 is 10.8. The van der Waals surface area contributed by atoms with Crippen LogP contribution in [-0.2, 0) is 50.5 Å². The Morgan fingerprint density at radius 1 is 1.04 bits per heavy atom. The van der Waals surface area contributed by atoms with Gasteiger partial charge in [-0.15, -0.1) is 0 Å². The molecule has 6 heteroatoms. The van der Waals surface area contributed by atoms with Gasteiger partial charge in [0.1, 0.15) is 5.75 Å². The van der Waals surface area contributed by atoms with Crippen molar-refractivity contribution >= 4 is 5.91 Å². The van der Waals surface area contributed by atoms with E-state index in [2.05, 4.69) is 12.4 Å². The van der Waals surface area contributed by atoms with Crippen molar-refractivity contribution in [3.05, 3.63) is 66.8 Å². The molecule has 0 saturated carbocycles. The van der Waals surface area contributed by atoms with Gasteiger partial charge in [0.25, 0.3) is 0 Å². The van der Waals surface area contributed by atoms with Crippen LogP contribution >= 0.6 is 0 Å². The van der Waals surface area contributed by atoms with E-state index in [-0.39, 0.29) is 57.1 Å². The van der Waals surface area contributed by atoms with Crippen LogP contribution in [0.2, 0.25) is 0 Å². The average Bonchev–Trinajstić information content (AvgIpc) is 3.01. The number of aliphatic hydroxyl groups excluding tert-OH is 1. The maximum absolute atomic E-state index is 12.2. The standard InChI is InChI=1S/C20H22NO4.Y/c1-24-17-6-2-14(3-7-17)10-19-16(11-21-20(19)23)13-25-18-8-4-15(12-22)5-9-18;/h2-9,16,19,22H,1,10-13H2,(H,21,23);/q-1;/t16-,19-;/m1./s1. The third-order valence-corrected chi connectivity index (χ3v) is 4.56. The predicted octanol–water partition coefficient (Wildman–Crippen LogP) is 2.33. The molecule has 2 atom stereocenters. The number of hydrogen-bond donors (Lipinski definition) is 2. The number of ether oxygens (including phenoxy) is 2. The van der Waals surface area contributed by atoms with E-state index in [1.54, 1.807) is 0 Å². The van der Waals surface area contributed by atoms with Gasteiger partial charge in [-0.05, 0) is 41.8 Å². The number of nitrogens with one attached hydrogen (secondary N) is 1. The Bertz CT molecular complexity index is 703. The number of rotatable bonds is 7. The molecular weight excluding hydrogens is 407 g/mol. The summed E-state index contributed by atoms with van der Waals surface area (Å²) >= 11 is 0. The summed E-state index contributed by atoms with van der Waals surface area (Å²) in [4.78, 5) is 12.2. The average molecular weight is 429 g/mol. The second-order valence-corrected chi connectivity index (χ2v) is 6.22. The fourth-order valence-corrected chi connectivity index (χ4v) is 3.02. The van der Waals surface area contributed by atoms with Gasteiger partial charge in [0.05, 0.1) is 19.0 Å². The van der Waals surface area contributed by atoms with E-state index in [1.807, 2.05) is 48.5 Å². The van der Waals surface area contributed by atoms with Crippen molar-refractivity contribution in [3.63, 3.8) is 0 Å². The molecule has 0 aliphatic carbocycles. The van der Waals surface area contributed by atoms with Crippen LogP contribution in [0.3, 0.4) is 0 Å². The van der Waals surface area contributed by atoms with E-state index in [4.69, 9.17) is 14.6 Å². The van der Waals surface area contributed by atoms with Crippen LogP contribution < -0.4 is 14.8 Å². The van der Waals surface area contributed by atoms with E-state index in [9.17, 15) is 4.79 Å². The SMILES string of the molecule is [CH2-]Oc1ccc(C[C@H]2C(=O)NC[C@@H]2COc2ccc(CO)cc2)cc1.[Y]. The first-order valence-electron chi connectivity index (χ1n) is 8.31. The molecule has 1 fully saturated rings. The Labute approximate surface area is 179 Å². The molecule has 26 heavy (non-hydrogen) atoms. The van der Waals surface area contributed by atoms with Crippen molar-refractivity contribution in [3.8, 4) is 11.5 Å². The van der Waals surface area contributed by atoms with Crippen LogP contribution in [0, 0.1) is 18.9 Å². The Balaban J connectivity index is 0.00000243. The molecule has 2 N–H and O–H groups in total. The normalized spacial score (nSPS) is 18.8. The van der Waals surface area contributed by atoms with Gasteiger partial charge in [-0.25, -0.2) is 0 Å². The summed E-state index contributed by atoms with van der Waals surface area (Å²) in [6.07, 6.45) is 0.667. The quantitative estimate of drug-likeness (QED) is 0.664. The first kappa shape index (κ1) is 20.9. The predicted molar refractivity (Wildman–Crippen MR) is 94.0 cm³/mol. The Morgan fingerprint density at radius 3 is 2.27 bits per heavy atom. The largest absolute Gasteiger partial charge is 0.665 e. The number of hydrogen-bond acceptors (Lipinski definition) is 4.